The fraction of sp³-hybridized carbons (Fsp3) is 0.579. The maximum atomic E-state index is 13.0. The average molecular weight is 316 g/mol. The van der Waals surface area contributed by atoms with E-state index in [1.807, 2.05) is 36.1 Å². The molecule has 0 aromatic heterocycles. The molecule has 126 valence electrons. The third-order valence-electron chi connectivity index (χ3n) is 4.74. The van der Waals surface area contributed by atoms with Gasteiger partial charge in [-0.05, 0) is 64.2 Å². The zero-order valence-corrected chi connectivity index (χ0v) is 14.7. The molecule has 1 aromatic rings. The smallest absolute Gasteiger partial charge is 0.239 e. The number of likely N-dealkylation sites (tertiary alicyclic amines) is 1. The van der Waals surface area contributed by atoms with E-state index in [4.69, 9.17) is 0 Å². The van der Waals surface area contributed by atoms with Crippen LogP contribution in [0.2, 0.25) is 0 Å². The van der Waals surface area contributed by atoms with Gasteiger partial charge in [0.2, 0.25) is 11.8 Å². The van der Waals surface area contributed by atoms with Crippen LogP contribution in [0.3, 0.4) is 0 Å². The molecule has 2 rings (SSSR count). The third-order valence-corrected chi connectivity index (χ3v) is 4.74. The van der Waals surface area contributed by atoms with Crippen molar-refractivity contribution in [2.75, 3.05) is 11.9 Å². The molecule has 1 saturated heterocycles. The van der Waals surface area contributed by atoms with Crippen molar-refractivity contribution >= 4 is 17.5 Å². The van der Waals surface area contributed by atoms with Crippen LogP contribution in [-0.2, 0) is 9.59 Å². The number of benzene rings is 1. The minimum absolute atomic E-state index is 0.0609. The highest BCUT2D eigenvalue weighted by molar-refractivity contribution is 6.09. The first-order valence-electron chi connectivity index (χ1n) is 8.55. The Kier molecular flexibility index (Phi) is 5.45. The number of piperidine rings is 1. The topological polar surface area (TPSA) is 49.4 Å². The predicted octanol–water partition coefficient (Wildman–Crippen LogP) is 3.75. The molecule has 0 bridgehead atoms. The summed E-state index contributed by atoms with van der Waals surface area (Å²) in [4.78, 5) is 27.5. The second kappa shape index (κ2) is 7.16. The lowest BCUT2D eigenvalue weighted by Gasteiger charge is -2.39. The highest BCUT2D eigenvalue weighted by Crippen LogP contribution is 2.28. The Hall–Kier alpha value is -1.84. The lowest BCUT2D eigenvalue weighted by Crippen LogP contribution is -2.52. The summed E-state index contributed by atoms with van der Waals surface area (Å²) in [5, 5.41) is 2.89. The van der Waals surface area contributed by atoms with E-state index < -0.39 is 5.41 Å². The monoisotopic (exact) mass is 316 g/mol. The number of aryl methyl sites for hydroxylation is 1. The maximum Gasteiger partial charge on any atom is 0.239 e. The molecule has 1 aromatic carbocycles. The van der Waals surface area contributed by atoms with Crippen LogP contribution in [0, 0.1) is 12.3 Å². The van der Waals surface area contributed by atoms with Crippen LogP contribution in [0.1, 0.15) is 52.0 Å². The molecule has 1 unspecified atom stereocenters. The van der Waals surface area contributed by atoms with E-state index in [-0.39, 0.29) is 17.9 Å². The maximum absolute atomic E-state index is 13.0. The molecule has 4 nitrogen and oxygen atoms in total. The van der Waals surface area contributed by atoms with Crippen LogP contribution in [0.4, 0.5) is 5.69 Å². The van der Waals surface area contributed by atoms with Crippen LogP contribution < -0.4 is 5.32 Å². The van der Waals surface area contributed by atoms with Crippen molar-refractivity contribution in [3.63, 3.8) is 0 Å². The van der Waals surface area contributed by atoms with Crippen molar-refractivity contribution in [2.24, 2.45) is 5.41 Å². The van der Waals surface area contributed by atoms with Gasteiger partial charge in [0.1, 0.15) is 5.41 Å². The molecule has 0 spiro atoms. The van der Waals surface area contributed by atoms with Gasteiger partial charge in [-0.1, -0.05) is 19.1 Å². The SMILES string of the molecule is CCC1CCCCN1C(=O)C(C)(C)C(=O)Nc1cccc(C)c1. The fourth-order valence-electron chi connectivity index (χ4n) is 3.16. The summed E-state index contributed by atoms with van der Waals surface area (Å²) in [6, 6.07) is 7.90. The molecule has 0 saturated carbocycles. The standard InChI is InChI=1S/C19H28N2O2/c1-5-16-11-6-7-12-21(16)18(23)19(3,4)17(22)20-15-10-8-9-14(2)13-15/h8-10,13,16H,5-7,11-12H2,1-4H3,(H,20,22). The van der Waals surface area contributed by atoms with E-state index >= 15 is 0 Å². The molecule has 1 fully saturated rings. The van der Waals surface area contributed by atoms with Crippen molar-refractivity contribution in [3.8, 4) is 0 Å². The third kappa shape index (κ3) is 3.92. The van der Waals surface area contributed by atoms with Crippen molar-refractivity contribution in [2.45, 2.75) is 59.4 Å². The largest absolute Gasteiger partial charge is 0.339 e. The lowest BCUT2D eigenvalue weighted by atomic mass is 9.87. The Morgan fingerprint density at radius 2 is 2.04 bits per heavy atom. The van der Waals surface area contributed by atoms with Crippen LogP contribution in [0.25, 0.3) is 0 Å². The van der Waals surface area contributed by atoms with E-state index in [1.54, 1.807) is 13.8 Å². The number of nitrogens with one attached hydrogen (secondary N) is 1. The molecule has 0 radical (unpaired) electrons. The quantitative estimate of drug-likeness (QED) is 0.860. The number of nitrogens with zero attached hydrogens (tertiary/aromatic N) is 1. The highest BCUT2D eigenvalue weighted by atomic mass is 16.2. The lowest BCUT2D eigenvalue weighted by molar-refractivity contribution is -0.149. The van der Waals surface area contributed by atoms with Gasteiger partial charge in [0, 0.05) is 18.3 Å². The van der Waals surface area contributed by atoms with Gasteiger partial charge in [0.05, 0.1) is 0 Å². The Labute approximate surface area is 139 Å². The minimum atomic E-state index is -1.06. The van der Waals surface area contributed by atoms with Crippen LogP contribution in [-0.4, -0.2) is 29.3 Å². The first-order chi connectivity index (χ1) is 10.9. The molecule has 1 atom stereocenters. The Morgan fingerprint density at radius 3 is 2.70 bits per heavy atom. The van der Waals surface area contributed by atoms with Gasteiger partial charge in [0.25, 0.3) is 0 Å². The minimum Gasteiger partial charge on any atom is -0.339 e. The summed E-state index contributed by atoms with van der Waals surface area (Å²) in [6.45, 7) is 8.30. The molecule has 1 heterocycles. The molecule has 1 aliphatic heterocycles. The average Bonchev–Trinajstić information content (AvgIpc) is 2.54. The summed E-state index contributed by atoms with van der Waals surface area (Å²) in [7, 11) is 0. The zero-order valence-electron chi connectivity index (χ0n) is 14.7. The van der Waals surface area contributed by atoms with Crippen LogP contribution in [0.5, 0.6) is 0 Å². The number of carbonyl (C=O) groups is 2. The number of carbonyl (C=O) groups excluding carboxylic acids is 2. The van der Waals surface area contributed by atoms with Gasteiger partial charge in [-0.3, -0.25) is 9.59 Å². The zero-order chi connectivity index (χ0) is 17.0. The van der Waals surface area contributed by atoms with Gasteiger partial charge >= 0.3 is 0 Å². The first-order valence-corrected chi connectivity index (χ1v) is 8.55. The van der Waals surface area contributed by atoms with Gasteiger partial charge < -0.3 is 10.2 Å². The summed E-state index contributed by atoms with van der Waals surface area (Å²) in [5.74, 6) is -0.303. The Balaban J connectivity index is 2.12. The molecule has 0 aliphatic carbocycles. The Morgan fingerprint density at radius 1 is 1.30 bits per heavy atom. The molecule has 23 heavy (non-hydrogen) atoms. The summed E-state index contributed by atoms with van der Waals surface area (Å²) < 4.78 is 0. The molecule has 1 N–H and O–H groups in total. The van der Waals surface area contributed by atoms with Crippen LogP contribution >= 0.6 is 0 Å². The number of hydrogen-bond donors (Lipinski definition) is 1. The van der Waals surface area contributed by atoms with Crippen molar-refractivity contribution in [3.05, 3.63) is 29.8 Å². The van der Waals surface area contributed by atoms with Crippen molar-refractivity contribution in [1.29, 1.82) is 0 Å². The Bertz CT molecular complexity index is 580. The molecular formula is C19H28N2O2. The molecule has 1 aliphatic rings. The van der Waals surface area contributed by atoms with E-state index in [1.165, 1.54) is 0 Å². The van der Waals surface area contributed by atoms with Gasteiger partial charge in [0.15, 0.2) is 0 Å². The fourth-order valence-corrected chi connectivity index (χ4v) is 3.16. The van der Waals surface area contributed by atoms with E-state index in [2.05, 4.69) is 12.2 Å². The molecular weight excluding hydrogens is 288 g/mol. The first kappa shape index (κ1) is 17.5. The summed E-state index contributed by atoms with van der Waals surface area (Å²) in [6.07, 6.45) is 4.18. The number of anilines is 1. The normalized spacial score (nSPS) is 18.6. The second-order valence-electron chi connectivity index (χ2n) is 7.01. The summed E-state index contributed by atoms with van der Waals surface area (Å²) in [5.41, 5.74) is 0.754. The van der Waals surface area contributed by atoms with Crippen molar-refractivity contribution < 1.29 is 9.59 Å². The molecule has 2 amide bonds. The van der Waals surface area contributed by atoms with Crippen molar-refractivity contribution in [1.82, 2.24) is 4.90 Å². The number of hydrogen-bond acceptors (Lipinski definition) is 2. The highest BCUT2D eigenvalue weighted by Gasteiger charge is 2.41. The number of amides is 2. The van der Waals surface area contributed by atoms with Crippen LogP contribution in [0.15, 0.2) is 24.3 Å². The second-order valence-corrected chi connectivity index (χ2v) is 7.01. The van der Waals surface area contributed by atoms with E-state index in [0.29, 0.717) is 0 Å². The van der Waals surface area contributed by atoms with Gasteiger partial charge in [-0.2, -0.15) is 0 Å². The van der Waals surface area contributed by atoms with Gasteiger partial charge in [-0.25, -0.2) is 0 Å². The summed E-state index contributed by atoms with van der Waals surface area (Å²) >= 11 is 0. The van der Waals surface area contributed by atoms with E-state index in [0.717, 1.165) is 43.5 Å². The van der Waals surface area contributed by atoms with E-state index in [9.17, 15) is 9.59 Å². The predicted molar refractivity (Wildman–Crippen MR) is 93.2 cm³/mol. The molecule has 4 heteroatoms. The van der Waals surface area contributed by atoms with Gasteiger partial charge in [-0.15, -0.1) is 0 Å². The number of rotatable bonds is 4.